The summed E-state index contributed by atoms with van der Waals surface area (Å²) in [7, 11) is 4.62. The number of hydrogen-bond acceptors (Lipinski definition) is 7. The minimum Gasteiger partial charge on any atom is -0.493 e. The predicted octanol–water partition coefficient (Wildman–Crippen LogP) is 2.48. The van der Waals surface area contributed by atoms with Gasteiger partial charge in [0.2, 0.25) is 28.7 Å². The first-order valence-corrected chi connectivity index (χ1v) is 11.5. The SMILES string of the molecule is COc1cc(NC(=S)/N=C(/Nc2nc(C)cc(C)n2)N2CCC(C(N)=O)CC2)cc(OC)c1OC. The molecule has 0 bridgehead atoms. The number of nitrogens with zero attached hydrogens (tertiary/aromatic N) is 4. The molecule has 0 unspecified atom stereocenters. The zero-order valence-electron chi connectivity index (χ0n) is 20.5. The molecule has 1 aliphatic rings. The molecule has 12 heteroatoms. The summed E-state index contributed by atoms with van der Waals surface area (Å²) in [5, 5.41) is 6.49. The largest absolute Gasteiger partial charge is 0.493 e. The van der Waals surface area contributed by atoms with Gasteiger partial charge in [-0.1, -0.05) is 0 Å². The van der Waals surface area contributed by atoms with Crippen LogP contribution in [0.25, 0.3) is 0 Å². The van der Waals surface area contributed by atoms with E-state index < -0.39 is 0 Å². The van der Waals surface area contributed by atoms with E-state index in [1.807, 2.05) is 24.8 Å². The Kier molecular flexibility index (Phi) is 8.63. The van der Waals surface area contributed by atoms with Crippen LogP contribution in [0.15, 0.2) is 23.2 Å². The minimum atomic E-state index is -0.284. The number of aryl methyl sites for hydroxylation is 2. The zero-order valence-corrected chi connectivity index (χ0v) is 21.4. The van der Waals surface area contributed by atoms with E-state index >= 15 is 0 Å². The van der Waals surface area contributed by atoms with Crippen molar-refractivity contribution in [2.24, 2.45) is 16.6 Å². The van der Waals surface area contributed by atoms with E-state index in [0.29, 0.717) is 60.8 Å². The highest BCUT2D eigenvalue weighted by Crippen LogP contribution is 2.40. The van der Waals surface area contributed by atoms with E-state index in [1.165, 1.54) is 7.11 Å². The molecule has 4 N–H and O–H groups in total. The number of ether oxygens (including phenoxy) is 3. The number of anilines is 2. The first-order valence-electron chi connectivity index (χ1n) is 11.1. The number of guanidine groups is 1. The van der Waals surface area contributed by atoms with Crippen LogP contribution in [0.3, 0.4) is 0 Å². The maximum Gasteiger partial charge on any atom is 0.229 e. The number of primary amides is 1. The van der Waals surface area contributed by atoms with Gasteiger partial charge in [0.1, 0.15) is 0 Å². The number of methoxy groups -OCH3 is 3. The van der Waals surface area contributed by atoms with Crippen molar-refractivity contribution in [1.82, 2.24) is 14.9 Å². The van der Waals surface area contributed by atoms with Gasteiger partial charge in [-0.2, -0.15) is 4.99 Å². The molecular weight excluding hydrogens is 470 g/mol. The number of aromatic nitrogens is 2. The van der Waals surface area contributed by atoms with Gasteiger partial charge in [-0.05, 0) is 45.0 Å². The average molecular weight is 502 g/mol. The molecular formula is C23H31N7O4S. The Morgan fingerprint density at radius 3 is 2.09 bits per heavy atom. The smallest absolute Gasteiger partial charge is 0.229 e. The highest BCUT2D eigenvalue weighted by Gasteiger charge is 2.26. The molecule has 35 heavy (non-hydrogen) atoms. The van der Waals surface area contributed by atoms with E-state index in [0.717, 1.165) is 11.4 Å². The van der Waals surface area contributed by atoms with Gasteiger partial charge in [-0.15, -0.1) is 0 Å². The molecule has 1 saturated heterocycles. The van der Waals surface area contributed by atoms with Crippen LogP contribution in [0, 0.1) is 19.8 Å². The summed E-state index contributed by atoms with van der Waals surface area (Å²) in [5.74, 6) is 1.88. The molecule has 2 heterocycles. The summed E-state index contributed by atoms with van der Waals surface area (Å²) in [4.78, 5) is 27.1. The van der Waals surface area contributed by atoms with Crippen LogP contribution in [0.2, 0.25) is 0 Å². The van der Waals surface area contributed by atoms with Crippen LogP contribution in [0.5, 0.6) is 17.2 Å². The van der Waals surface area contributed by atoms with E-state index in [2.05, 4.69) is 25.6 Å². The van der Waals surface area contributed by atoms with E-state index in [9.17, 15) is 4.79 Å². The molecule has 1 aliphatic heterocycles. The Bertz CT molecular complexity index is 1070. The number of likely N-dealkylation sites (tertiary alicyclic amines) is 1. The maximum absolute atomic E-state index is 11.6. The summed E-state index contributed by atoms with van der Waals surface area (Å²) >= 11 is 5.54. The van der Waals surface area contributed by atoms with Crippen molar-refractivity contribution in [3.05, 3.63) is 29.6 Å². The number of rotatable bonds is 6. The van der Waals surface area contributed by atoms with Gasteiger partial charge >= 0.3 is 0 Å². The summed E-state index contributed by atoms with van der Waals surface area (Å²) < 4.78 is 16.2. The number of amides is 1. The topological polar surface area (TPSA) is 136 Å². The first-order chi connectivity index (χ1) is 16.7. The molecule has 0 saturated carbocycles. The fourth-order valence-electron chi connectivity index (χ4n) is 3.84. The zero-order chi connectivity index (χ0) is 25.5. The number of thiocarbonyl (C=S) groups is 1. The number of piperidine rings is 1. The third-order valence-electron chi connectivity index (χ3n) is 5.53. The Morgan fingerprint density at radius 1 is 1.03 bits per heavy atom. The van der Waals surface area contributed by atoms with Crippen LogP contribution in [-0.4, -0.2) is 66.3 Å². The van der Waals surface area contributed by atoms with Crippen LogP contribution in [-0.2, 0) is 4.79 Å². The minimum absolute atomic E-state index is 0.158. The van der Waals surface area contributed by atoms with E-state index in [1.54, 1.807) is 26.4 Å². The van der Waals surface area contributed by atoms with E-state index in [-0.39, 0.29) is 16.9 Å². The second-order valence-corrected chi connectivity index (χ2v) is 8.43. The molecule has 1 aromatic heterocycles. The van der Waals surface area contributed by atoms with Crippen molar-refractivity contribution in [2.75, 3.05) is 45.1 Å². The Hall–Kier alpha value is -3.67. The van der Waals surface area contributed by atoms with Crippen molar-refractivity contribution in [3.63, 3.8) is 0 Å². The standard InChI is InChI=1S/C23H31N7O4S/c1-13-10-14(2)26-21(25-13)28-22(30-8-6-15(7-9-30)20(24)31)29-23(35)27-16-11-17(32-3)19(34-5)18(12-16)33-4/h10-12,15H,6-9H2,1-5H3,(H2,24,31)(H2,25,26,27,28,29,35). The average Bonchev–Trinajstić information content (AvgIpc) is 2.82. The van der Waals surface area contributed by atoms with Crippen LogP contribution in [0.4, 0.5) is 11.6 Å². The van der Waals surface area contributed by atoms with Gasteiger partial charge in [0.25, 0.3) is 0 Å². The number of benzene rings is 1. The highest BCUT2D eigenvalue weighted by molar-refractivity contribution is 7.80. The third-order valence-corrected chi connectivity index (χ3v) is 5.72. The molecule has 1 fully saturated rings. The molecule has 0 aliphatic carbocycles. The van der Waals surface area contributed by atoms with Crippen molar-refractivity contribution < 1.29 is 19.0 Å². The van der Waals surface area contributed by atoms with Crippen molar-refractivity contribution >= 4 is 40.8 Å². The van der Waals surface area contributed by atoms with Crippen molar-refractivity contribution in [1.29, 1.82) is 0 Å². The molecule has 188 valence electrons. The Morgan fingerprint density at radius 2 is 1.60 bits per heavy atom. The molecule has 0 radical (unpaired) electrons. The van der Waals surface area contributed by atoms with Gasteiger partial charge in [0.15, 0.2) is 11.5 Å². The lowest BCUT2D eigenvalue weighted by atomic mass is 9.96. The Balaban J connectivity index is 1.87. The number of nitrogens with two attached hydrogens (primary N) is 1. The number of aliphatic imine (C=N–C) groups is 1. The van der Waals surface area contributed by atoms with Crippen molar-refractivity contribution in [3.8, 4) is 17.2 Å². The molecule has 3 rings (SSSR count). The lowest BCUT2D eigenvalue weighted by Crippen LogP contribution is -2.45. The van der Waals surface area contributed by atoms with Gasteiger partial charge < -0.3 is 30.2 Å². The van der Waals surface area contributed by atoms with Crippen LogP contribution >= 0.6 is 12.2 Å². The van der Waals surface area contributed by atoms with Gasteiger partial charge in [-0.3, -0.25) is 10.1 Å². The van der Waals surface area contributed by atoms with E-state index in [4.69, 9.17) is 32.2 Å². The van der Waals surface area contributed by atoms with Crippen LogP contribution < -0.4 is 30.6 Å². The number of carbonyl (C=O) groups is 1. The molecule has 1 amide bonds. The van der Waals surface area contributed by atoms with Gasteiger partial charge in [0.05, 0.1) is 21.3 Å². The lowest BCUT2D eigenvalue weighted by molar-refractivity contribution is -0.122. The third kappa shape index (κ3) is 6.69. The number of hydrogen-bond donors (Lipinski definition) is 3. The predicted molar refractivity (Wildman–Crippen MR) is 138 cm³/mol. The normalized spacial score (nSPS) is 14.3. The Labute approximate surface area is 210 Å². The fourth-order valence-corrected chi connectivity index (χ4v) is 4.04. The summed E-state index contributed by atoms with van der Waals surface area (Å²) in [5.41, 5.74) is 7.76. The molecule has 0 spiro atoms. The van der Waals surface area contributed by atoms with Crippen LogP contribution in [0.1, 0.15) is 24.2 Å². The number of nitrogens with one attached hydrogen (secondary N) is 2. The second kappa shape index (κ2) is 11.6. The monoisotopic (exact) mass is 501 g/mol. The summed E-state index contributed by atoms with van der Waals surface area (Å²) in [6, 6.07) is 5.36. The summed E-state index contributed by atoms with van der Waals surface area (Å²) in [6.45, 7) is 4.95. The first kappa shape index (κ1) is 25.9. The molecule has 11 nitrogen and oxygen atoms in total. The highest BCUT2D eigenvalue weighted by atomic mass is 32.1. The summed E-state index contributed by atoms with van der Waals surface area (Å²) in [6.07, 6.45) is 1.24. The molecule has 2 aromatic rings. The maximum atomic E-state index is 11.6. The molecule has 0 atom stereocenters. The molecule has 1 aromatic carbocycles. The fraction of sp³-hybridized carbons (Fsp3) is 0.435. The lowest BCUT2D eigenvalue weighted by Gasteiger charge is -2.32. The van der Waals surface area contributed by atoms with Gasteiger partial charge in [0, 0.05) is 48.2 Å². The van der Waals surface area contributed by atoms with Crippen molar-refractivity contribution in [2.45, 2.75) is 26.7 Å². The van der Waals surface area contributed by atoms with Gasteiger partial charge in [-0.25, -0.2) is 9.97 Å². The number of carbonyl (C=O) groups excluding carboxylic acids is 1. The second-order valence-electron chi connectivity index (χ2n) is 8.04. The quantitative estimate of drug-likeness (QED) is 0.308.